The van der Waals surface area contributed by atoms with E-state index in [1.807, 2.05) is 0 Å². The third kappa shape index (κ3) is 6.22. The Balaban J connectivity index is 2.38. The number of halogens is 1. The molecule has 0 radical (unpaired) electrons. The van der Waals surface area contributed by atoms with Gasteiger partial charge in [0.1, 0.15) is 18.5 Å². The van der Waals surface area contributed by atoms with Gasteiger partial charge in [0.2, 0.25) is 0 Å². The van der Waals surface area contributed by atoms with Crippen molar-refractivity contribution in [3.8, 4) is 5.75 Å². The number of benzene rings is 1. The summed E-state index contributed by atoms with van der Waals surface area (Å²) in [5.41, 5.74) is 0. The van der Waals surface area contributed by atoms with E-state index in [1.165, 1.54) is 0 Å². The van der Waals surface area contributed by atoms with Crippen LogP contribution < -0.4 is 4.74 Å². The molecule has 0 saturated heterocycles. The fraction of sp³-hybridized carbons (Fsp3) is 0.538. The largest absolute Gasteiger partial charge is 0.489 e. The Morgan fingerprint density at radius 3 is 2.37 bits per heavy atom. The van der Waals surface area contributed by atoms with Gasteiger partial charge < -0.3 is 20.1 Å². The number of aliphatic hydroxyl groups excluding tert-OH is 3. The molecular formula is C13H20ClNO4. The van der Waals surface area contributed by atoms with Crippen molar-refractivity contribution in [1.82, 2.24) is 4.90 Å². The Kier molecular flexibility index (Phi) is 7.78. The minimum absolute atomic E-state index is 0.0158. The van der Waals surface area contributed by atoms with Crippen molar-refractivity contribution >= 4 is 11.6 Å². The number of ether oxygens (including phenoxy) is 1. The Morgan fingerprint density at radius 2 is 1.79 bits per heavy atom. The first-order valence-corrected chi connectivity index (χ1v) is 6.54. The molecule has 0 aromatic heterocycles. The molecule has 1 atom stereocenters. The predicted octanol–water partition coefficient (Wildman–Crippen LogP) is 0.366. The van der Waals surface area contributed by atoms with Gasteiger partial charge in [0, 0.05) is 19.6 Å². The quantitative estimate of drug-likeness (QED) is 0.612. The highest BCUT2D eigenvalue weighted by atomic mass is 35.5. The van der Waals surface area contributed by atoms with Crippen LogP contribution in [-0.4, -0.2) is 65.8 Å². The summed E-state index contributed by atoms with van der Waals surface area (Å²) in [7, 11) is 0. The maximum absolute atomic E-state index is 9.85. The molecule has 0 aliphatic rings. The average molecular weight is 290 g/mol. The maximum Gasteiger partial charge on any atom is 0.138 e. The van der Waals surface area contributed by atoms with Gasteiger partial charge in [-0.3, -0.25) is 4.90 Å². The zero-order valence-electron chi connectivity index (χ0n) is 10.7. The molecule has 0 heterocycles. The Bertz CT molecular complexity index is 358. The van der Waals surface area contributed by atoms with Gasteiger partial charge in [0.25, 0.3) is 0 Å². The summed E-state index contributed by atoms with van der Waals surface area (Å²) in [5.74, 6) is 0.527. The monoisotopic (exact) mass is 289 g/mol. The molecule has 0 spiro atoms. The molecule has 1 unspecified atom stereocenters. The van der Waals surface area contributed by atoms with Gasteiger partial charge in [-0.15, -0.1) is 0 Å². The molecular weight excluding hydrogens is 270 g/mol. The normalized spacial score (nSPS) is 12.7. The van der Waals surface area contributed by atoms with E-state index in [1.54, 1.807) is 29.2 Å². The Labute approximate surface area is 118 Å². The number of para-hydroxylation sites is 1. The van der Waals surface area contributed by atoms with Gasteiger partial charge in [-0.05, 0) is 12.1 Å². The van der Waals surface area contributed by atoms with Gasteiger partial charge in [-0.1, -0.05) is 23.7 Å². The minimum atomic E-state index is -0.714. The van der Waals surface area contributed by atoms with Crippen LogP contribution in [0.25, 0.3) is 0 Å². The summed E-state index contributed by atoms with van der Waals surface area (Å²) in [6, 6.07) is 7.05. The number of hydrogen-bond acceptors (Lipinski definition) is 5. The van der Waals surface area contributed by atoms with Crippen LogP contribution in [0.4, 0.5) is 0 Å². The molecule has 3 N–H and O–H groups in total. The fourth-order valence-electron chi connectivity index (χ4n) is 1.68. The van der Waals surface area contributed by atoms with Gasteiger partial charge in [-0.25, -0.2) is 0 Å². The third-order valence-corrected chi connectivity index (χ3v) is 2.88. The molecule has 0 saturated carbocycles. The molecule has 5 nitrogen and oxygen atoms in total. The lowest BCUT2D eigenvalue weighted by Gasteiger charge is -2.23. The van der Waals surface area contributed by atoms with Crippen LogP contribution in [0.3, 0.4) is 0 Å². The molecule has 6 heteroatoms. The molecule has 0 amide bonds. The highest BCUT2D eigenvalue weighted by molar-refractivity contribution is 6.32. The van der Waals surface area contributed by atoms with Crippen LogP contribution >= 0.6 is 11.6 Å². The third-order valence-electron chi connectivity index (χ3n) is 2.57. The first kappa shape index (κ1) is 16.2. The molecule has 1 rings (SSSR count). The number of rotatable bonds is 9. The summed E-state index contributed by atoms with van der Waals surface area (Å²) in [4.78, 5) is 1.76. The van der Waals surface area contributed by atoms with E-state index >= 15 is 0 Å². The van der Waals surface area contributed by atoms with Crippen LogP contribution in [-0.2, 0) is 0 Å². The zero-order valence-corrected chi connectivity index (χ0v) is 11.5. The van der Waals surface area contributed by atoms with E-state index in [0.717, 1.165) is 0 Å². The molecule has 1 aromatic carbocycles. The number of hydrogen-bond donors (Lipinski definition) is 3. The first-order valence-electron chi connectivity index (χ1n) is 6.16. The standard InChI is InChI=1S/C13H20ClNO4/c14-12-3-1-2-4-13(12)19-10-11(18)9-15(5-7-16)6-8-17/h1-4,11,16-18H,5-10H2. The topological polar surface area (TPSA) is 73.2 Å². The van der Waals surface area contributed by atoms with Crippen molar-refractivity contribution in [2.24, 2.45) is 0 Å². The summed E-state index contributed by atoms with van der Waals surface area (Å²) >= 11 is 5.93. The molecule has 0 aliphatic carbocycles. The molecule has 19 heavy (non-hydrogen) atoms. The SMILES string of the molecule is OCCN(CCO)CC(O)COc1ccccc1Cl. The van der Waals surface area contributed by atoms with Crippen molar-refractivity contribution in [3.63, 3.8) is 0 Å². The van der Waals surface area contributed by atoms with Crippen molar-refractivity contribution < 1.29 is 20.1 Å². The van der Waals surface area contributed by atoms with Crippen molar-refractivity contribution in [3.05, 3.63) is 29.3 Å². The first-order chi connectivity index (χ1) is 9.17. The lowest BCUT2D eigenvalue weighted by Crippen LogP contribution is -2.38. The summed E-state index contributed by atoms with van der Waals surface area (Å²) < 4.78 is 5.42. The second kappa shape index (κ2) is 9.12. The Hall–Kier alpha value is -0.850. The Morgan fingerprint density at radius 1 is 1.16 bits per heavy atom. The minimum Gasteiger partial charge on any atom is -0.489 e. The molecule has 1 aromatic rings. The van der Waals surface area contributed by atoms with Crippen LogP contribution in [0, 0.1) is 0 Å². The van der Waals surface area contributed by atoms with Gasteiger partial charge >= 0.3 is 0 Å². The van der Waals surface area contributed by atoms with Crippen molar-refractivity contribution in [2.75, 3.05) is 39.5 Å². The van der Waals surface area contributed by atoms with E-state index in [9.17, 15) is 5.11 Å². The summed E-state index contributed by atoms with van der Waals surface area (Å²) in [6.07, 6.45) is -0.714. The highest BCUT2D eigenvalue weighted by Gasteiger charge is 2.12. The maximum atomic E-state index is 9.85. The van der Waals surface area contributed by atoms with Crippen LogP contribution in [0.1, 0.15) is 0 Å². The summed E-state index contributed by atoms with van der Waals surface area (Å²) in [5, 5.41) is 28.1. The molecule has 0 aliphatic heterocycles. The molecule has 0 bridgehead atoms. The van der Waals surface area contributed by atoms with E-state index < -0.39 is 6.10 Å². The van der Waals surface area contributed by atoms with Crippen molar-refractivity contribution in [2.45, 2.75) is 6.10 Å². The van der Waals surface area contributed by atoms with E-state index in [0.29, 0.717) is 30.4 Å². The van der Waals surface area contributed by atoms with Gasteiger partial charge in [0.15, 0.2) is 0 Å². The lowest BCUT2D eigenvalue weighted by molar-refractivity contribution is 0.0552. The molecule has 108 valence electrons. The average Bonchev–Trinajstić information content (AvgIpc) is 2.38. The second-order valence-corrected chi connectivity index (χ2v) is 4.55. The fourth-order valence-corrected chi connectivity index (χ4v) is 1.87. The van der Waals surface area contributed by atoms with Crippen molar-refractivity contribution in [1.29, 1.82) is 0 Å². The lowest BCUT2D eigenvalue weighted by atomic mass is 10.3. The van der Waals surface area contributed by atoms with Crippen LogP contribution in [0.5, 0.6) is 5.75 Å². The molecule has 0 fully saturated rings. The highest BCUT2D eigenvalue weighted by Crippen LogP contribution is 2.23. The van der Waals surface area contributed by atoms with E-state index in [2.05, 4.69) is 0 Å². The second-order valence-electron chi connectivity index (χ2n) is 4.14. The van der Waals surface area contributed by atoms with Gasteiger partial charge in [0.05, 0.1) is 18.2 Å². The van der Waals surface area contributed by atoms with E-state index in [-0.39, 0.29) is 19.8 Å². The summed E-state index contributed by atoms with van der Waals surface area (Å²) in [6.45, 7) is 1.21. The smallest absolute Gasteiger partial charge is 0.138 e. The van der Waals surface area contributed by atoms with E-state index in [4.69, 9.17) is 26.6 Å². The van der Waals surface area contributed by atoms with Crippen LogP contribution in [0.2, 0.25) is 5.02 Å². The number of aliphatic hydroxyl groups is 3. The zero-order chi connectivity index (χ0) is 14.1. The number of nitrogens with zero attached hydrogens (tertiary/aromatic N) is 1. The predicted molar refractivity (Wildman–Crippen MR) is 73.6 cm³/mol. The van der Waals surface area contributed by atoms with Crippen LogP contribution in [0.15, 0.2) is 24.3 Å². The van der Waals surface area contributed by atoms with Gasteiger partial charge in [-0.2, -0.15) is 0 Å².